The Balaban J connectivity index is 1.82. The van der Waals surface area contributed by atoms with E-state index in [1.165, 1.54) is 18.3 Å². The van der Waals surface area contributed by atoms with Gasteiger partial charge in [0.05, 0.1) is 30.0 Å². The molecule has 0 saturated carbocycles. The lowest BCUT2D eigenvalue weighted by molar-refractivity contribution is 0.287. The van der Waals surface area contributed by atoms with Crippen LogP contribution >= 0.6 is 0 Å². The van der Waals surface area contributed by atoms with E-state index in [9.17, 15) is 8.42 Å². The van der Waals surface area contributed by atoms with Crippen molar-refractivity contribution in [3.8, 4) is 17.3 Å². The molecule has 1 aromatic carbocycles. The van der Waals surface area contributed by atoms with Gasteiger partial charge >= 0.3 is 0 Å². The van der Waals surface area contributed by atoms with Gasteiger partial charge in [0, 0.05) is 18.5 Å². The number of sulfonamides is 1. The molecule has 3 rings (SSSR count). The van der Waals surface area contributed by atoms with Gasteiger partial charge in [-0.1, -0.05) is 0 Å². The van der Waals surface area contributed by atoms with Gasteiger partial charge in [0.2, 0.25) is 0 Å². The van der Waals surface area contributed by atoms with Gasteiger partial charge in [0.15, 0.2) is 17.3 Å². The van der Waals surface area contributed by atoms with Gasteiger partial charge in [-0.3, -0.25) is 4.72 Å². The van der Waals surface area contributed by atoms with Crippen LogP contribution in [0, 0.1) is 0 Å². The minimum atomic E-state index is -3.80. The Hall–Kier alpha value is -3.07. The lowest BCUT2D eigenvalue weighted by Gasteiger charge is -2.13. The molecular weight excluding hydrogens is 368 g/mol. The predicted octanol–water partition coefficient (Wildman–Crippen LogP) is 2.87. The summed E-state index contributed by atoms with van der Waals surface area (Å²) in [5.41, 5.74) is 0.345. The molecule has 0 fully saturated rings. The Morgan fingerprint density at radius 2 is 1.85 bits per heavy atom. The summed E-state index contributed by atoms with van der Waals surface area (Å²) in [5.74, 6) is 1.47. The molecule has 0 aliphatic rings. The number of anilines is 1. The van der Waals surface area contributed by atoms with Crippen molar-refractivity contribution in [2.24, 2.45) is 0 Å². The number of ether oxygens (including phenoxy) is 2. The second kappa shape index (κ2) is 8.09. The molecule has 2 aromatic heterocycles. The first-order chi connectivity index (χ1) is 13.0. The highest BCUT2D eigenvalue weighted by atomic mass is 32.2. The number of rotatable bonds is 8. The fourth-order valence-electron chi connectivity index (χ4n) is 2.40. The van der Waals surface area contributed by atoms with Crippen molar-refractivity contribution in [3.63, 3.8) is 0 Å². The largest absolute Gasteiger partial charge is 0.490 e. The van der Waals surface area contributed by atoms with Crippen LogP contribution in [0.2, 0.25) is 0 Å². The summed E-state index contributed by atoms with van der Waals surface area (Å²) in [6.07, 6.45) is 4.83. The zero-order chi connectivity index (χ0) is 19.3. The van der Waals surface area contributed by atoms with Crippen molar-refractivity contribution >= 4 is 15.7 Å². The maximum Gasteiger partial charge on any atom is 0.262 e. The summed E-state index contributed by atoms with van der Waals surface area (Å²) < 4.78 is 40.4. The van der Waals surface area contributed by atoms with Crippen LogP contribution in [0.4, 0.5) is 5.69 Å². The average molecular weight is 388 g/mol. The van der Waals surface area contributed by atoms with Gasteiger partial charge in [-0.25, -0.2) is 18.1 Å². The molecule has 0 aliphatic heterocycles. The molecule has 0 unspecified atom stereocenters. The van der Waals surface area contributed by atoms with Gasteiger partial charge in [-0.15, -0.1) is 0 Å². The third-order valence-corrected chi connectivity index (χ3v) is 4.94. The molecule has 142 valence electrons. The summed E-state index contributed by atoms with van der Waals surface area (Å²) in [7, 11) is -3.80. The van der Waals surface area contributed by atoms with Gasteiger partial charge in [0.25, 0.3) is 10.0 Å². The van der Waals surface area contributed by atoms with Crippen molar-refractivity contribution in [3.05, 3.63) is 55.0 Å². The Morgan fingerprint density at radius 1 is 1.07 bits per heavy atom. The number of nitrogens with zero attached hydrogens (tertiary/aromatic N) is 3. The van der Waals surface area contributed by atoms with E-state index in [1.54, 1.807) is 41.3 Å². The number of benzene rings is 1. The fourth-order valence-corrected chi connectivity index (χ4v) is 3.46. The van der Waals surface area contributed by atoms with E-state index >= 15 is 0 Å². The zero-order valence-electron chi connectivity index (χ0n) is 15.0. The third kappa shape index (κ3) is 4.37. The molecule has 0 saturated heterocycles. The normalized spacial score (nSPS) is 11.2. The molecule has 8 nitrogen and oxygen atoms in total. The first kappa shape index (κ1) is 18.7. The molecule has 0 aliphatic carbocycles. The molecule has 0 amide bonds. The number of hydrogen-bond donors (Lipinski definition) is 1. The summed E-state index contributed by atoms with van der Waals surface area (Å²) in [6, 6.07) is 9.58. The van der Waals surface area contributed by atoms with Gasteiger partial charge < -0.3 is 9.47 Å². The molecule has 9 heteroatoms. The summed E-state index contributed by atoms with van der Waals surface area (Å²) in [6.45, 7) is 4.53. The Labute approximate surface area is 157 Å². The Morgan fingerprint density at radius 3 is 2.48 bits per heavy atom. The highest BCUT2D eigenvalue weighted by molar-refractivity contribution is 7.92. The Bertz CT molecular complexity index is 987. The van der Waals surface area contributed by atoms with Crippen molar-refractivity contribution in [1.29, 1.82) is 0 Å². The highest BCUT2D eigenvalue weighted by Crippen LogP contribution is 2.31. The SMILES string of the molecule is CCOc1ccc(S(=O)(=O)Nc2ccc(-n3cccn3)nc2)cc1OCC. The number of hydrogen-bond acceptors (Lipinski definition) is 6. The van der Waals surface area contributed by atoms with Gasteiger partial charge in [-0.2, -0.15) is 5.10 Å². The fraction of sp³-hybridized carbons (Fsp3) is 0.222. The van der Waals surface area contributed by atoms with Crippen LogP contribution in [-0.4, -0.2) is 36.4 Å². The van der Waals surface area contributed by atoms with E-state index < -0.39 is 10.0 Å². The zero-order valence-corrected chi connectivity index (χ0v) is 15.8. The van der Waals surface area contributed by atoms with Crippen LogP contribution < -0.4 is 14.2 Å². The minimum Gasteiger partial charge on any atom is -0.490 e. The second-order valence-electron chi connectivity index (χ2n) is 5.44. The molecule has 0 radical (unpaired) electrons. The standard InChI is InChI=1S/C18H20N4O4S/c1-3-25-16-8-7-15(12-17(16)26-4-2)27(23,24)21-14-6-9-18(19-13-14)22-11-5-10-20-22/h5-13,21H,3-4H2,1-2H3. The summed E-state index contributed by atoms with van der Waals surface area (Å²) >= 11 is 0. The van der Waals surface area contributed by atoms with E-state index in [2.05, 4.69) is 14.8 Å². The number of pyridine rings is 1. The number of nitrogens with one attached hydrogen (secondary N) is 1. The van der Waals surface area contributed by atoms with E-state index in [1.807, 2.05) is 13.8 Å². The van der Waals surface area contributed by atoms with Crippen molar-refractivity contribution < 1.29 is 17.9 Å². The molecule has 3 aromatic rings. The van der Waals surface area contributed by atoms with Crippen LogP contribution in [0.3, 0.4) is 0 Å². The average Bonchev–Trinajstić information content (AvgIpc) is 3.18. The lowest BCUT2D eigenvalue weighted by atomic mass is 10.3. The third-order valence-electron chi connectivity index (χ3n) is 3.56. The quantitative estimate of drug-likeness (QED) is 0.637. The van der Waals surface area contributed by atoms with Crippen molar-refractivity contribution in [2.45, 2.75) is 18.7 Å². The maximum atomic E-state index is 12.7. The van der Waals surface area contributed by atoms with E-state index in [-0.39, 0.29) is 4.90 Å². The smallest absolute Gasteiger partial charge is 0.262 e. The topological polar surface area (TPSA) is 95.3 Å². The molecule has 27 heavy (non-hydrogen) atoms. The van der Waals surface area contributed by atoms with Crippen LogP contribution in [-0.2, 0) is 10.0 Å². The van der Waals surface area contributed by atoms with E-state index in [0.29, 0.717) is 36.2 Å². The van der Waals surface area contributed by atoms with Crippen molar-refractivity contribution in [2.75, 3.05) is 17.9 Å². The molecule has 0 atom stereocenters. The monoisotopic (exact) mass is 388 g/mol. The molecule has 0 bridgehead atoms. The molecule has 1 N–H and O–H groups in total. The van der Waals surface area contributed by atoms with Crippen molar-refractivity contribution in [1.82, 2.24) is 14.8 Å². The van der Waals surface area contributed by atoms with Gasteiger partial charge in [-0.05, 0) is 44.2 Å². The first-order valence-electron chi connectivity index (χ1n) is 8.42. The molecule has 2 heterocycles. The predicted molar refractivity (Wildman–Crippen MR) is 101 cm³/mol. The first-order valence-corrected chi connectivity index (χ1v) is 9.90. The summed E-state index contributed by atoms with van der Waals surface area (Å²) in [4.78, 5) is 4.29. The second-order valence-corrected chi connectivity index (χ2v) is 7.12. The lowest BCUT2D eigenvalue weighted by Crippen LogP contribution is -2.14. The maximum absolute atomic E-state index is 12.7. The van der Waals surface area contributed by atoms with Gasteiger partial charge in [0.1, 0.15) is 0 Å². The van der Waals surface area contributed by atoms with E-state index in [0.717, 1.165) is 0 Å². The molecular formula is C18H20N4O4S. The van der Waals surface area contributed by atoms with Crippen LogP contribution in [0.25, 0.3) is 5.82 Å². The molecule has 0 spiro atoms. The van der Waals surface area contributed by atoms with Crippen LogP contribution in [0.15, 0.2) is 59.9 Å². The van der Waals surface area contributed by atoms with Crippen LogP contribution in [0.1, 0.15) is 13.8 Å². The minimum absolute atomic E-state index is 0.0746. The Kier molecular flexibility index (Phi) is 5.60. The van der Waals surface area contributed by atoms with E-state index in [4.69, 9.17) is 9.47 Å². The number of aromatic nitrogens is 3. The van der Waals surface area contributed by atoms with Crippen LogP contribution in [0.5, 0.6) is 11.5 Å². The summed E-state index contributed by atoms with van der Waals surface area (Å²) in [5, 5.41) is 4.08. The highest BCUT2D eigenvalue weighted by Gasteiger charge is 2.18.